The number of likely N-dealkylation sites (tertiary alicyclic amines) is 1. The molecule has 23 heavy (non-hydrogen) atoms. The molecule has 2 aliphatic rings. The van der Waals surface area contributed by atoms with E-state index < -0.39 is 0 Å². The Kier molecular flexibility index (Phi) is 4.22. The molecule has 2 aromatic rings. The number of nitrogens with one attached hydrogen (secondary N) is 1. The van der Waals surface area contributed by atoms with Crippen molar-refractivity contribution in [3.05, 3.63) is 27.1 Å². The van der Waals surface area contributed by atoms with Crippen LogP contribution in [0, 0.1) is 5.92 Å². The molecule has 6 heteroatoms. The Morgan fingerprint density at radius 3 is 3.22 bits per heavy atom. The van der Waals surface area contributed by atoms with Crippen molar-refractivity contribution in [2.24, 2.45) is 5.92 Å². The van der Waals surface area contributed by atoms with Gasteiger partial charge < -0.3 is 10.2 Å². The van der Waals surface area contributed by atoms with Gasteiger partial charge in [0.1, 0.15) is 4.83 Å². The SMILES string of the molecule is C[C@@H]1CCCN(CCn2cnc3sc4c(c3c2=O)CCNC4)C1. The van der Waals surface area contributed by atoms with Gasteiger partial charge in [0.15, 0.2) is 0 Å². The summed E-state index contributed by atoms with van der Waals surface area (Å²) in [4.78, 5) is 22.1. The largest absolute Gasteiger partial charge is 0.312 e. The predicted octanol–water partition coefficient (Wildman–Crippen LogP) is 1.84. The van der Waals surface area contributed by atoms with E-state index in [0.29, 0.717) is 0 Å². The number of hydrogen-bond acceptors (Lipinski definition) is 5. The molecule has 5 nitrogen and oxygen atoms in total. The molecule has 1 fully saturated rings. The van der Waals surface area contributed by atoms with E-state index in [9.17, 15) is 4.79 Å². The molecule has 0 amide bonds. The van der Waals surface area contributed by atoms with E-state index >= 15 is 0 Å². The lowest BCUT2D eigenvalue weighted by Gasteiger charge is -2.30. The van der Waals surface area contributed by atoms with E-state index in [-0.39, 0.29) is 5.56 Å². The minimum atomic E-state index is 0.152. The zero-order chi connectivity index (χ0) is 15.8. The molecule has 0 unspecified atom stereocenters. The number of rotatable bonds is 3. The third-order valence-corrected chi connectivity index (χ3v) is 6.24. The monoisotopic (exact) mass is 332 g/mol. The molecule has 2 aromatic heterocycles. The highest BCUT2D eigenvalue weighted by Crippen LogP contribution is 2.29. The van der Waals surface area contributed by atoms with Gasteiger partial charge >= 0.3 is 0 Å². The van der Waals surface area contributed by atoms with Gasteiger partial charge in [-0.15, -0.1) is 11.3 Å². The minimum absolute atomic E-state index is 0.152. The summed E-state index contributed by atoms with van der Waals surface area (Å²) in [5.74, 6) is 0.775. The van der Waals surface area contributed by atoms with Crippen LogP contribution in [0.4, 0.5) is 0 Å². The lowest BCUT2D eigenvalue weighted by Crippen LogP contribution is -2.37. The van der Waals surface area contributed by atoms with Gasteiger partial charge in [0, 0.05) is 31.1 Å². The first-order valence-corrected chi connectivity index (χ1v) is 9.47. The summed E-state index contributed by atoms with van der Waals surface area (Å²) in [6.45, 7) is 8.17. The first-order chi connectivity index (χ1) is 11.2. The minimum Gasteiger partial charge on any atom is -0.312 e. The van der Waals surface area contributed by atoms with Crippen molar-refractivity contribution in [1.29, 1.82) is 0 Å². The van der Waals surface area contributed by atoms with Crippen LogP contribution in [0.5, 0.6) is 0 Å². The van der Waals surface area contributed by atoms with Crippen molar-refractivity contribution < 1.29 is 0 Å². The second-order valence-corrected chi connectivity index (χ2v) is 7.99. The zero-order valence-electron chi connectivity index (χ0n) is 13.7. The van der Waals surface area contributed by atoms with Crippen LogP contribution in [-0.2, 0) is 19.5 Å². The highest BCUT2D eigenvalue weighted by molar-refractivity contribution is 7.18. The Bertz CT molecular complexity index is 766. The molecule has 0 saturated carbocycles. The van der Waals surface area contributed by atoms with E-state index in [4.69, 9.17) is 0 Å². The summed E-state index contributed by atoms with van der Waals surface area (Å²) < 4.78 is 1.82. The number of hydrogen-bond donors (Lipinski definition) is 1. The van der Waals surface area contributed by atoms with Gasteiger partial charge in [-0.2, -0.15) is 0 Å². The highest BCUT2D eigenvalue weighted by atomic mass is 32.1. The van der Waals surface area contributed by atoms with Gasteiger partial charge in [0.05, 0.1) is 11.7 Å². The fraction of sp³-hybridized carbons (Fsp3) is 0.647. The second-order valence-electron chi connectivity index (χ2n) is 6.90. The lowest BCUT2D eigenvalue weighted by molar-refractivity contribution is 0.177. The molecule has 0 aliphatic carbocycles. The standard InChI is InChI=1S/C17H24N4OS/c1-12-3-2-6-20(10-12)7-8-21-11-19-16-15(17(21)22)13-4-5-18-9-14(13)23-16/h11-12,18H,2-10H2,1H3/t12-/m1/s1. The van der Waals surface area contributed by atoms with Gasteiger partial charge in [-0.1, -0.05) is 6.92 Å². The smallest absolute Gasteiger partial charge is 0.262 e. The maximum atomic E-state index is 12.9. The lowest BCUT2D eigenvalue weighted by atomic mass is 10.0. The number of piperidine rings is 1. The number of thiophene rings is 1. The average Bonchev–Trinajstić information content (AvgIpc) is 2.93. The third kappa shape index (κ3) is 2.95. The first kappa shape index (κ1) is 15.3. The summed E-state index contributed by atoms with van der Waals surface area (Å²) in [5, 5.41) is 4.25. The van der Waals surface area contributed by atoms with Crippen molar-refractivity contribution in [2.75, 3.05) is 26.2 Å². The van der Waals surface area contributed by atoms with Crippen molar-refractivity contribution >= 4 is 21.6 Å². The molecule has 0 radical (unpaired) electrons. The molecule has 2 aliphatic heterocycles. The average molecular weight is 332 g/mol. The molecule has 4 rings (SSSR count). The van der Waals surface area contributed by atoms with Crippen molar-refractivity contribution in [1.82, 2.24) is 19.8 Å². The van der Waals surface area contributed by atoms with Crippen molar-refractivity contribution in [3.8, 4) is 0 Å². The highest BCUT2D eigenvalue weighted by Gasteiger charge is 2.20. The van der Waals surface area contributed by atoms with Gasteiger partial charge in [-0.3, -0.25) is 9.36 Å². The summed E-state index contributed by atoms with van der Waals surface area (Å²) in [7, 11) is 0. The Balaban J connectivity index is 1.58. The van der Waals surface area contributed by atoms with Crippen LogP contribution in [0.25, 0.3) is 10.2 Å². The number of aromatic nitrogens is 2. The van der Waals surface area contributed by atoms with Gasteiger partial charge in [0.25, 0.3) is 5.56 Å². The van der Waals surface area contributed by atoms with Crippen LogP contribution in [-0.4, -0.2) is 40.6 Å². The maximum absolute atomic E-state index is 12.9. The van der Waals surface area contributed by atoms with E-state index in [1.54, 1.807) is 17.7 Å². The molecule has 124 valence electrons. The van der Waals surface area contributed by atoms with Crippen molar-refractivity contribution in [2.45, 2.75) is 39.3 Å². The molecule has 0 bridgehead atoms. The molecular formula is C17H24N4OS. The topological polar surface area (TPSA) is 50.2 Å². The zero-order valence-corrected chi connectivity index (χ0v) is 14.5. The molecule has 1 atom stereocenters. The number of fused-ring (bicyclic) bond motifs is 3. The Hall–Kier alpha value is -1.24. The van der Waals surface area contributed by atoms with E-state index in [0.717, 1.165) is 61.8 Å². The summed E-state index contributed by atoms with van der Waals surface area (Å²) >= 11 is 1.67. The maximum Gasteiger partial charge on any atom is 0.262 e. The third-order valence-electron chi connectivity index (χ3n) is 5.10. The van der Waals surface area contributed by atoms with Crippen LogP contribution < -0.4 is 10.9 Å². The van der Waals surface area contributed by atoms with Crippen LogP contribution in [0.2, 0.25) is 0 Å². The predicted molar refractivity (Wildman–Crippen MR) is 94.1 cm³/mol. The first-order valence-electron chi connectivity index (χ1n) is 8.65. The van der Waals surface area contributed by atoms with Gasteiger partial charge in [-0.05, 0) is 43.8 Å². The normalized spacial score (nSPS) is 22.4. The van der Waals surface area contributed by atoms with Crippen LogP contribution in [0.15, 0.2) is 11.1 Å². The van der Waals surface area contributed by atoms with E-state index in [1.165, 1.54) is 23.3 Å². The summed E-state index contributed by atoms with van der Waals surface area (Å²) in [6.07, 6.45) is 5.30. The number of nitrogens with zero attached hydrogens (tertiary/aromatic N) is 3. The molecule has 0 spiro atoms. The quantitative estimate of drug-likeness (QED) is 0.932. The second kappa shape index (κ2) is 6.34. The Labute approximate surface area is 140 Å². The molecular weight excluding hydrogens is 308 g/mol. The molecule has 1 saturated heterocycles. The Morgan fingerprint density at radius 1 is 1.43 bits per heavy atom. The van der Waals surface area contributed by atoms with Crippen LogP contribution >= 0.6 is 11.3 Å². The summed E-state index contributed by atoms with van der Waals surface area (Å²) in [5.41, 5.74) is 1.39. The van der Waals surface area contributed by atoms with E-state index in [2.05, 4.69) is 22.1 Å². The fourth-order valence-corrected chi connectivity index (χ4v) is 5.00. The molecule has 0 aromatic carbocycles. The van der Waals surface area contributed by atoms with Crippen molar-refractivity contribution in [3.63, 3.8) is 0 Å². The molecule has 4 heterocycles. The van der Waals surface area contributed by atoms with Gasteiger partial charge in [-0.25, -0.2) is 4.98 Å². The van der Waals surface area contributed by atoms with Crippen LogP contribution in [0.1, 0.15) is 30.2 Å². The summed E-state index contributed by atoms with van der Waals surface area (Å²) in [6, 6.07) is 0. The van der Waals surface area contributed by atoms with E-state index in [1.807, 2.05) is 4.57 Å². The van der Waals surface area contributed by atoms with Crippen LogP contribution in [0.3, 0.4) is 0 Å². The molecule has 1 N–H and O–H groups in total. The fourth-order valence-electron chi connectivity index (χ4n) is 3.85. The Morgan fingerprint density at radius 2 is 2.35 bits per heavy atom. The van der Waals surface area contributed by atoms with Gasteiger partial charge in [0.2, 0.25) is 0 Å².